The number of nitrogens with zero attached hydrogens (tertiary/aromatic N) is 3. The van der Waals surface area contributed by atoms with E-state index in [1.807, 2.05) is 0 Å². The summed E-state index contributed by atoms with van der Waals surface area (Å²) in [6.07, 6.45) is -1.13. The molecule has 14 heteroatoms. The van der Waals surface area contributed by atoms with Crippen LogP contribution in [0.3, 0.4) is 0 Å². The fourth-order valence-corrected chi connectivity index (χ4v) is 6.38. The standard InChI is InChI=1S/C22H21ClF4N4O3S2/c1-34-21-19(16(24)8-17(20(21)27)36(32,33)30-22-28-11-29-35-22)15-9-31(10-18(25)26)7-6-14(15)12-2-4-13(23)5-3-12/h2-5,8,11,14-15,18H,6-7,9-10H2,1H3,(H,28,29,30)/t14-,15+/m0/s1. The van der Waals surface area contributed by atoms with Crippen molar-refractivity contribution < 1.29 is 30.7 Å². The Labute approximate surface area is 214 Å². The first kappa shape index (κ1) is 26.6. The molecule has 1 saturated heterocycles. The van der Waals surface area contributed by atoms with Gasteiger partial charge in [0.1, 0.15) is 17.0 Å². The SMILES string of the molecule is COc1c(F)c(S(=O)(=O)Nc2ncns2)cc(F)c1[C@@H]1CN(CC(F)F)CC[C@H]1c1ccc(Cl)cc1. The first-order valence-corrected chi connectivity index (χ1v) is 13.4. The Hall–Kier alpha value is -2.48. The van der Waals surface area contributed by atoms with Crippen molar-refractivity contribution >= 4 is 38.3 Å². The molecule has 0 radical (unpaired) electrons. The molecule has 0 saturated carbocycles. The summed E-state index contributed by atoms with van der Waals surface area (Å²) < 4.78 is 94.0. The van der Waals surface area contributed by atoms with Crippen molar-refractivity contribution in [2.24, 2.45) is 0 Å². The van der Waals surface area contributed by atoms with Gasteiger partial charge >= 0.3 is 0 Å². The third kappa shape index (κ3) is 5.58. The number of alkyl halides is 2. The van der Waals surface area contributed by atoms with Crippen molar-refractivity contribution in [2.45, 2.75) is 29.6 Å². The van der Waals surface area contributed by atoms with Gasteiger partial charge in [-0.3, -0.25) is 9.62 Å². The number of aromatic nitrogens is 2. The van der Waals surface area contributed by atoms with Crippen LogP contribution in [0, 0.1) is 11.6 Å². The van der Waals surface area contributed by atoms with Crippen molar-refractivity contribution in [3.8, 4) is 5.75 Å². The second-order valence-electron chi connectivity index (χ2n) is 8.17. The first-order valence-electron chi connectivity index (χ1n) is 10.7. The van der Waals surface area contributed by atoms with E-state index in [4.69, 9.17) is 16.3 Å². The van der Waals surface area contributed by atoms with Gasteiger partial charge in [-0.05, 0) is 42.6 Å². The van der Waals surface area contributed by atoms with Gasteiger partial charge in [0.15, 0.2) is 11.6 Å². The van der Waals surface area contributed by atoms with Crippen molar-refractivity contribution in [3.05, 3.63) is 64.4 Å². The van der Waals surface area contributed by atoms with Crippen LogP contribution in [0.15, 0.2) is 41.6 Å². The zero-order valence-corrected chi connectivity index (χ0v) is 21.2. The largest absolute Gasteiger partial charge is 0.493 e. The van der Waals surface area contributed by atoms with Crippen LogP contribution in [-0.2, 0) is 10.0 Å². The number of halogens is 5. The molecule has 0 aliphatic carbocycles. The summed E-state index contributed by atoms with van der Waals surface area (Å²) in [6, 6.07) is 7.37. The molecular formula is C22H21ClF4N4O3S2. The van der Waals surface area contributed by atoms with Gasteiger partial charge in [0, 0.05) is 34.6 Å². The molecule has 1 aromatic heterocycles. The monoisotopic (exact) mass is 564 g/mol. The number of benzene rings is 2. The minimum atomic E-state index is -4.57. The lowest BCUT2D eigenvalue weighted by molar-refractivity contribution is 0.0688. The highest BCUT2D eigenvalue weighted by molar-refractivity contribution is 7.93. The van der Waals surface area contributed by atoms with Crippen molar-refractivity contribution in [1.82, 2.24) is 14.3 Å². The molecule has 1 aliphatic rings. The van der Waals surface area contributed by atoms with Gasteiger partial charge in [0.05, 0.1) is 13.7 Å². The molecule has 2 aromatic carbocycles. The van der Waals surface area contributed by atoms with E-state index < -0.39 is 51.2 Å². The third-order valence-corrected chi connectivity index (χ3v) is 8.31. The summed E-state index contributed by atoms with van der Waals surface area (Å²) in [5, 5.41) is 0.355. The summed E-state index contributed by atoms with van der Waals surface area (Å²) in [5.74, 6) is -4.13. The molecule has 4 rings (SSSR count). The molecule has 3 aromatic rings. The average molecular weight is 565 g/mol. The Morgan fingerprint density at radius 1 is 1.25 bits per heavy atom. The number of hydrogen-bond donors (Lipinski definition) is 1. The number of hydrogen-bond acceptors (Lipinski definition) is 7. The molecule has 7 nitrogen and oxygen atoms in total. The first-order chi connectivity index (χ1) is 17.1. The predicted octanol–water partition coefficient (Wildman–Crippen LogP) is 5.12. The lowest BCUT2D eigenvalue weighted by Gasteiger charge is -2.39. The number of rotatable bonds is 8. The van der Waals surface area contributed by atoms with Crippen LogP contribution in [0.25, 0.3) is 0 Å². The maximum atomic E-state index is 15.7. The molecule has 0 bridgehead atoms. The highest BCUT2D eigenvalue weighted by atomic mass is 35.5. The summed E-state index contributed by atoms with van der Waals surface area (Å²) in [4.78, 5) is 4.19. The lowest BCUT2D eigenvalue weighted by Crippen LogP contribution is -2.41. The van der Waals surface area contributed by atoms with Crippen LogP contribution in [0.4, 0.5) is 22.7 Å². The minimum Gasteiger partial charge on any atom is -0.493 e. The van der Waals surface area contributed by atoms with Gasteiger partial charge in [0.25, 0.3) is 16.4 Å². The Bertz CT molecular complexity index is 1310. The van der Waals surface area contributed by atoms with Crippen LogP contribution < -0.4 is 9.46 Å². The Morgan fingerprint density at radius 3 is 2.58 bits per heavy atom. The minimum absolute atomic E-state index is 0.0144. The Morgan fingerprint density at radius 2 is 1.97 bits per heavy atom. The molecule has 1 fully saturated rings. The van der Waals surface area contributed by atoms with Crippen LogP contribution >= 0.6 is 23.1 Å². The van der Waals surface area contributed by atoms with Gasteiger partial charge in [-0.25, -0.2) is 31.0 Å². The number of sulfonamides is 1. The second-order valence-corrected chi connectivity index (χ2v) is 11.0. The second kappa shape index (κ2) is 10.9. The van der Waals surface area contributed by atoms with Crippen molar-refractivity contribution in [2.75, 3.05) is 31.5 Å². The van der Waals surface area contributed by atoms with Gasteiger partial charge in [-0.2, -0.15) is 4.37 Å². The third-order valence-electron chi connectivity index (χ3n) is 6.01. The summed E-state index contributed by atoms with van der Waals surface area (Å²) in [6.45, 7) is -0.229. The van der Waals surface area contributed by atoms with Crippen LogP contribution in [0.1, 0.15) is 29.4 Å². The van der Waals surface area contributed by atoms with Crippen LogP contribution in [0.5, 0.6) is 5.75 Å². The lowest BCUT2D eigenvalue weighted by atomic mass is 9.76. The maximum absolute atomic E-state index is 15.7. The summed E-state index contributed by atoms with van der Waals surface area (Å²) in [7, 11) is -3.48. The van der Waals surface area contributed by atoms with Gasteiger partial charge in [-0.15, -0.1) is 0 Å². The normalized spacial score (nSPS) is 19.0. The Balaban J connectivity index is 1.80. The molecule has 2 atom stereocenters. The zero-order chi connectivity index (χ0) is 26.0. The van der Waals surface area contributed by atoms with E-state index in [1.165, 1.54) is 4.90 Å². The fourth-order valence-electron chi connectivity index (χ4n) is 4.51. The van der Waals surface area contributed by atoms with Crippen LogP contribution in [0.2, 0.25) is 5.02 Å². The number of nitrogens with one attached hydrogen (secondary N) is 1. The van der Waals surface area contributed by atoms with E-state index in [-0.39, 0.29) is 23.2 Å². The maximum Gasteiger partial charge on any atom is 0.266 e. The quantitative estimate of drug-likeness (QED) is 0.383. The molecule has 1 N–H and O–H groups in total. The molecular weight excluding hydrogens is 544 g/mol. The van der Waals surface area contributed by atoms with E-state index >= 15 is 8.78 Å². The highest BCUT2D eigenvalue weighted by Crippen LogP contribution is 2.46. The predicted molar refractivity (Wildman–Crippen MR) is 128 cm³/mol. The molecule has 1 aliphatic heterocycles. The van der Waals surface area contributed by atoms with Crippen molar-refractivity contribution in [1.29, 1.82) is 0 Å². The molecule has 0 spiro atoms. The number of piperidine rings is 1. The van der Waals surface area contributed by atoms with Crippen molar-refractivity contribution in [3.63, 3.8) is 0 Å². The van der Waals surface area contributed by atoms with E-state index in [0.717, 1.165) is 30.5 Å². The number of methoxy groups -OCH3 is 1. The van der Waals surface area contributed by atoms with E-state index in [0.29, 0.717) is 24.1 Å². The number of ether oxygens (including phenoxy) is 1. The molecule has 194 valence electrons. The van der Waals surface area contributed by atoms with Gasteiger partial charge < -0.3 is 4.74 Å². The summed E-state index contributed by atoms with van der Waals surface area (Å²) >= 11 is 6.72. The van der Waals surface area contributed by atoms with E-state index in [9.17, 15) is 17.2 Å². The Kier molecular flexibility index (Phi) is 8.03. The van der Waals surface area contributed by atoms with Gasteiger partial charge in [-0.1, -0.05) is 23.7 Å². The molecule has 0 amide bonds. The van der Waals surface area contributed by atoms with Crippen LogP contribution in [-0.4, -0.2) is 55.8 Å². The smallest absolute Gasteiger partial charge is 0.266 e. The highest BCUT2D eigenvalue weighted by Gasteiger charge is 2.38. The van der Waals surface area contributed by atoms with E-state index in [1.54, 1.807) is 24.3 Å². The zero-order valence-electron chi connectivity index (χ0n) is 18.8. The average Bonchev–Trinajstić information content (AvgIpc) is 3.32. The molecule has 0 unspecified atom stereocenters. The number of anilines is 1. The molecule has 2 heterocycles. The summed E-state index contributed by atoms with van der Waals surface area (Å²) in [5.41, 5.74) is 0.543. The van der Waals surface area contributed by atoms with E-state index in [2.05, 4.69) is 14.1 Å². The number of likely N-dealkylation sites (tertiary alicyclic amines) is 1. The topological polar surface area (TPSA) is 84.4 Å². The van der Waals surface area contributed by atoms with Gasteiger partial charge in [0.2, 0.25) is 5.13 Å². The fraction of sp³-hybridized carbons (Fsp3) is 0.364. The molecule has 36 heavy (non-hydrogen) atoms.